The highest BCUT2D eigenvalue weighted by Gasteiger charge is 2.36. The number of ether oxygens (including phenoxy) is 1. The normalized spacial score (nSPS) is 23.5. The van der Waals surface area contributed by atoms with Crippen molar-refractivity contribution < 1.29 is 24.2 Å². The summed E-state index contributed by atoms with van der Waals surface area (Å²) in [5, 5.41) is 12.9. The monoisotopic (exact) mass is 419 g/mol. The van der Waals surface area contributed by atoms with E-state index in [0.29, 0.717) is 29.3 Å². The van der Waals surface area contributed by atoms with Crippen molar-refractivity contribution in [1.82, 2.24) is 0 Å². The summed E-state index contributed by atoms with van der Waals surface area (Å²) < 4.78 is 5.45. The summed E-state index contributed by atoms with van der Waals surface area (Å²) in [6.07, 6.45) is 7.93. The molecule has 0 fully saturated rings. The summed E-state index contributed by atoms with van der Waals surface area (Å²) in [6.45, 7) is 5.77. The van der Waals surface area contributed by atoms with E-state index in [0.717, 1.165) is 36.1 Å². The Labute approximate surface area is 175 Å². The lowest BCUT2D eigenvalue weighted by atomic mass is 9.82. The van der Waals surface area contributed by atoms with E-state index in [9.17, 15) is 19.5 Å². The van der Waals surface area contributed by atoms with Crippen molar-refractivity contribution in [2.45, 2.75) is 65.4 Å². The van der Waals surface area contributed by atoms with Gasteiger partial charge in [-0.25, -0.2) is 4.79 Å². The van der Waals surface area contributed by atoms with Crippen LogP contribution in [0.2, 0.25) is 0 Å². The van der Waals surface area contributed by atoms with E-state index < -0.39 is 23.8 Å². The molecule has 0 bridgehead atoms. The van der Waals surface area contributed by atoms with Gasteiger partial charge in [-0.2, -0.15) is 0 Å². The summed E-state index contributed by atoms with van der Waals surface area (Å²) in [5.74, 6) is -2.53. The van der Waals surface area contributed by atoms with E-state index in [1.807, 2.05) is 12.2 Å². The number of hydrogen-bond donors (Lipinski definition) is 2. The van der Waals surface area contributed by atoms with Gasteiger partial charge in [-0.15, -0.1) is 11.3 Å². The Hall–Kier alpha value is -2.15. The minimum atomic E-state index is -0.967. The molecule has 3 rings (SSSR count). The highest BCUT2D eigenvalue weighted by Crippen LogP contribution is 2.41. The van der Waals surface area contributed by atoms with Crippen LogP contribution < -0.4 is 5.32 Å². The predicted molar refractivity (Wildman–Crippen MR) is 112 cm³/mol. The number of aliphatic carboxylic acids is 1. The van der Waals surface area contributed by atoms with Crippen LogP contribution in [-0.4, -0.2) is 29.1 Å². The Bertz CT molecular complexity index is 825. The van der Waals surface area contributed by atoms with E-state index in [4.69, 9.17) is 4.74 Å². The van der Waals surface area contributed by atoms with Gasteiger partial charge >= 0.3 is 11.9 Å². The molecular formula is C22H29NO5S. The molecule has 29 heavy (non-hydrogen) atoms. The molecule has 158 valence electrons. The topological polar surface area (TPSA) is 92.7 Å². The largest absolute Gasteiger partial charge is 0.481 e. The molecule has 6 nitrogen and oxygen atoms in total. The van der Waals surface area contributed by atoms with Crippen molar-refractivity contribution in [2.75, 3.05) is 5.32 Å². The molecule has 1 aromatic rings. The maximum atomic E-state index is 13.0. The first kappa shape index (κ1) is 21.6. The Morgan fingerprint density at radius 1 is 1.24 bits per heavy atom. The fraction of sp³-hybridized carbons (Fsp3) is 0.591. The molecule has 2 aliphatic carbocycles. The van der Waals surface area contributed by atoms with Gasteiger partial charge in [0.25, 0.3) is 0 Å². The second-order valence-corrected chi connectivity index (χ2v) is 9.27. The second-order valence-electron chi connectivity index (χ2n) is 8.16. The lowest BCUT2D eigenvalue weighted by Crippen LogP contribution is -2.34. The SMILES string of the molecule is CC[C@@H]1CCc2c(sc(NC(=O)[C@@H]3CC=CC[C@@H]3C(=O)O)c2C(=O)OC(C)C)C1. The number of nitrogens with one attached hydrogen (secondary N) is 1. The number of rotatable bonds is 6. The zero-order chi connectivity index (χ0) is 21.1. The van der Waals surface area contributed by atoms with Crippen LogP contribution in [0.5, 0.6) is 0 Å². The predicted octanol–water partition coefficient (Wildman–Crippen LogP) is 4.43. The van der Waals surface area contributed by atoms with Crippen LogP contribution in [-0.2, 0) is 27.2 Å². The Balaban J connectivity index is 1.90. The lowest BCUT2D eigenvalue weighted by Gasteiger charge is -2.24. The van der Waals surface area contributed by atoms with E-state index >= 15 is 0 Å². The number of carbonyl (C=O) groups excluding carboxylic acids is 2. The number of esters is 1. The third-order valence-corrected chi connectivity index (χ3v) is 6.98. The molecule has 1 aromatic heterocycles. The number of carboxylic acids is 1. The van der Waals surface area contributed by atoms with Crippen LogP contribution in [0.25, 0.3) is 0 Å². The third-order valence-electron chi connectivity index (χ3n) is 5.81. The van der Waals surface area contributed by atoms with Gasteiger partial charge in [0.1, 0.15) is 5.00 Å². The van der Waals surface area contributed by atoms with Crippen molar-refractivity contribution >= 4 is 34.2 Å². The highest BCUT2D eigenvalue weighted by molar-refractivity contribution is 7.17. The number of fused-ring (bicyclic) bond motifs is 1. The molecule has 0 spiro atoms. The van der Waals surface area contributed by atoms with Crippen molar-refractivity contribution in [3.8, 4) is 0 Å². The fourth-order valence-corrected chi connectivity index (χ4v) is 5.51. The van der Waals surface area contributed by atoms with Crippen molar-refractivity contribution in [3.63, 3.8) is 0 Å². The highest BCUT2D eigenvalue weighted by atomic mass is 32.1. The summed E-state index contributed by atoms with van der Waals surface area (Å²) in [4.78, 5) is 38.5. The minimum absolute atomic E-state index is 0.256. The van der Waals surface area contributed by atoms with Crippen LogP contribution in [0.15, 0.2) is 12.2 Å². The number of carboxylic acid groups (broad SMARTS) is 1. The Morgan fingerprint density at radius 2 is 1.93 bits per heavy atom. The summed E-state index contributed by atoms with van der Waals surface area (Å²) >= 11 is 1.44. The van der Waals surface area contributed by atoms with Gasteiger partial charge in [0.15, 0.2) is 0 Å². The second kappa shape index (κ2) is 9.11. The number of amides is 1. The summed E-state index contributed by atoms with van der Waals surface area (Å²) in [6, 6.07) is 0. The number of carbonyl (C=O) groups is 3. The van der Waals surface area contributed by atoms with Crippen LogP contribution >= 0.6 is 11.3 Å². The first-order chi connectivity index (χ1) is 13.8. The third kappa shape index (κ3) is 4.71. The van der Waals surface area contributed by atoms with Gasteiger partial charge in [-0.3, -0.25) is 9.59 Å². The van der Waals surface area contributed by atoms with E-state index in [-0.39, 0.29) is 12.0 Å². The molecule has 3 atom stereocenters. The number of allylic oxidation sites excluding steroid dienone is 2. The molecule has 0 saturated heterocycles. The first-order valence-corrected chi connectivity index (χ1v) is 11.2. The molecule has 1 heterocycles. The molecular weight excluding hydrogens is 390 g/mol. The van der Waals surface area contributed by atoms with Gasteiger partial charge in [0.05, 0.1) is 23.5 Å². The van der Waals surface area contributed by atoms with Crippen molar-refractivity contribution in [1.29, 1.82) is 0 Å². The quantitative estimate of drug-likeness (QED) is 0.525. The van der Waals surface area contributed by atoms with Crippen molar-refractivity contribution in [3.05, 3.63) is 28.2 Å². The van der Waals surface area contributed by atoms with Crippen LogP contribution in [0.1, 0.15) is 67.3 Å². The van der Waals surface area contributed by atoms with Gasteiger partial charge in [-0.05, 0) is 57.4 Å². The molecule has 2 aliphatic rings. The van der Waals surface area contributed by atoms with Crippen molar-refractivity contribution in [2.24, 2.45) is 17.8 Å². The number of thiophene rings is 1. The molecule has 0 unspecified atom stereocenters. The van der Waals surface area contributed by atoms with Gasteiger partial charge in [-0.1, -0.05) is 25.5 Å². The van der Waals surface area contributed by atoms with Crippen LogP contribution in [0.4, 0.5) is 5.00 Å². The molecule has 0 aromatic carbocycles. The molecule has 1 amide bonds. The maximum Gasteiger partial charge on any atom is 0.341 e. The zero-order valence-electron chi connectivity index (χ0n) is 17.2. The maximum absolute atomic E-state index is 13.0. The minimum Gasteiger partial charge on any atom is -0.481 e. The standard InChI is InChI=1S/C22H29NO5S/c1-4-13-9-10-16-17(11-13)29-20(18(16)22(27)28-12(2)3)23-19(24)14-7-5-6-8-15(14)21(25)26/h5-6,12-15H,4,7-11H2,1-3H3,(H,23,24)(H,25,26)/t13-,14-,15+/m1/s1. The van der Waals surface area contributed by atoms with Gasteiger partial charge in [0.2, 0.25) is 5.91 Å². The van der Waals surface area contributed by atoms with E-state index in [2.05, 4.69) is 12.2 Å². The average Bonchev–Trinajstić information content (AvgIpc) is 3.04. The zero-order valence-corrected chi connectivity index (χ0v) is 18.0. The summed E-state index contributed by atoms with van der Waals surface area (Å²) in [7, 11) is 0. The van der Waals surface area contributed by atoms with Crippen LogP contribution in [0, 0.1) is 17.8 Å². The molecule has 0 radical (unpaired) electrons. The van der Waals surface area contributed by atoms with E-state index in [1.54, 1.807) is 13.8 Å². The molecule has 0 aliphatic heterocycles. The number of anilines is 1. The lowest BCUT2D eigenvalue weighted by molar-refractivity contribution is -0.146. The first-order valence-electron chi connectivity index (χ1n) is 10.4. The smallest absolute Gasteiger partial charge is 0.341 e. The molecule has 0 saturated carbocycles. The van der Waals surface area contributed by atoms with Crippen LogP contribution in [0.3, 0.4) is 0 Å². The van der Waals surface area contributed by atoms with E-state index in [1.165, 1.54) is 11.3 Å². The molecule has 2 N–H and O–H groups in total. The number of hydrogen-bond acceptors (Lipinski definition) is 5. The Morgan fingerprint density at radius 3 is 2.55 bits per heavy atom. The molecule has 7 heteroatoms. The fourth-order valence-electron chi connectivity index (χ4n) is 4.16. The van der Waals surface area contributed by atoms with Gasteiger partial charge < -0.3 is 15.2 Å². The average molecular weight is 420 g/mol. The Kier molecular flexibility index (Phi) is 6.77. The summed E-state index contributed by atoms with van der Waals surface area (Å²) in [5.41, 5.74) is 1.44. The van der Waals surface area contributed by atoms with Gasteiger partial charge in [0, 0.05) is 4.88 Å².